The third-order valence-electron chi connectivity index (χ3n) is 3.83. The molecular weight excluding hydrogens is 304 g/mol. The average molecular weight is 321 g/mol. The lowest BCUT2D eigenvalue weighted by Crippen LogP contribution is -2.31. The first-order valence-corrected chi connectivity index (χ1v) is 7.45. The number of hydrogen-bond donors (Lipinski definition) is 1. The lowest BCUT2D eigenvalue weighted by atomic mass is 10.1. The minimum atomic E-state index is 0.249. The Labute approximate surface area is 121 Å². The maximum Gasteiger partial charge on any atom is 0.0747 e. The largest absolute Gasteiger partial charge is 0.395 e. The molecule has 0 bridgehead atoms. The highest BCUT2D eigenvalue weighted by atomic mass is 79.9. The minimum Gasteiger partial charge on any atom is -0.395 e. The second-order valence-electron chi connectivity index (χ2n) is 5.09. The summed E-state index contributed by atoms with van der Waals surface area (Å²) in [6.45, 7) is 2.17. The molecule has 2 aromatic rings. The van der Waals surface area contributed by atoms with Crippen LogP contribution in [0.3, 0.4) is 0 Å². The summed E-state index contributed by atoms with van der Waals surface area (Å²) < 4.78 is 1.09. The Morgan fingerprint density at radius 2 is 2.32 bits per heavy atom. The van der Waals surface area contributed by atoms with Crippen molar-refractivity contribution in [2.75, 3.05) is 13.2 Å². The third kappa shape index (κ3) is 2.66. The normalized spacial score (nSPS) is 20.2. The van der Waals surface area contributed by atoms with Crippen LogP contribution in [0.5, 0.6) is 0 Å². The third-order valence-corrected chi connectivity index (χ3v) is 4.29. The number of hydrogen-bond acceptors (Lipinski definition) is 3. The number of aromatic nitrogens is 1. The Bertz CT molecular complexity index is 587. The molecule has 1 aliphatic heterocycles. The summed E-state index contributed by atoms with van der Waals surface area (Å²) in [7, 11) is 0. The van der Waals surface area contributed by atoms with Crippen LogP contribution in [0.1, 0.15) is 18.4 Å². The number of pyridine rings is 1. The van der Waals surface area contributed by atoms with Crippen molar-refractivity contribution < 1.29 is 5.11 Å². The fraction of sp³-hybridized carbons (Fsp3) is 0.400. The molecule has 1 aromatic heterocycles. The van der Waals surface area contributed by atoms with Crippen LogP contribution in [0.2, 0.25) is 0 Å². The van der Waals surface area contributed by atoms with Gasteiger partial charge in [0.25, 0.3) is 0 Å². The SMILES string of the molecule is OCC1CCCN1Cc1cc(Br)cc2cccnc12. The molecule has 1 unspecified atom stereocenters. The van der Waals surface area contributed by atoms with Gasteiger partial charge in [0, 0.05) is 28.6 Å². The fourth-order valence-electron chi connectivity index (χ4n) is 2.88. The van der Waals surface area contributed by atoms with E-state index in [1.807, 2.05) is 12.3 Å². The first kappa shape index (κ1) is 13.0. The number of fused-ring (bicyclic) bond motifs is 1. The van der Waals surface area contributed by atoms with Gasteiger partial charge in [0.05, 0.1) is 12.1 Å². The highest BCUT2D eigenvalue weighted by molar-refractivity contribution is 9.10. The molecule has 3 rings (SSSR count). The summed E-state index contributed by atoms with van der Waals surface area (Å²) in [5.41, 5.74) is 2.29. The number of aliphatic hydroxyl groups excluding tert-OH is 1. The summed E-state index contributed by atoms with van der Waals surface area (Å²) in [5.74, 6) is 0. The maximum atomic E-state index is 9.42. The van der Waals surface area contributed by atoms with Gasteiger partial charge in [0.15, 0.2) is 0 Å². The lowest BCUT2D eigenvalue weighted by molar-refractivity contribution is 0.154. The van der Waals surface area contributed by atoms with Gasteiger partial charge in [-0.3, -0.25) is 9.88 Å². The molecule has 1 saturated heterocycles. The van der Waals surface area contributed by atoms with Crippen LogP contribution in [0.15, 0.2) is 34.9 Å². The lowest BCUT2D eigenvalue weighted by Gasteiger charge is -2.23. The summed E-state index contributed by atoms with van der Waals surface area (Å²) >= 11 is 3.57. The monoisotopic (exact) mass is 320 g/mol. The van der Waals surface area contributed by atoms with Crippen LogP contribution in [-0.2, 0) is 6.54 Å². The molecule has 1 N–H and O–H groups in total. The van der Waals surface area contributed by atoms with E-state index < -0.39 is 0 Å². The van der Waals surface area contributed by atoms with Gasteiger partial charge in [-0.25, -0.2) is 0 Å². The van der Waals surface area contributed by atoms with Crippen molar-refractivity contribution in [1.82, 2.24) is 9.88 Å². The van der Waals surface area contributed by atoms with Gasteiger partial charge in [-0.15, -0.1) is 0 Å². The molecule has 0 amide bonds. The zero-order valence-corrected chi connectivity index (χ0v) is 12.3. The van der Waals surface area contributed by atoms with Gasteiger partial charge in [0.1, 0.15) is 0 Å². The van der Waals surface area contributed by atoms with Crippen molar-refractivity contribution in [3.05, 3.63) is 40.5 Å². The van der Waals surface area contributed by atoms with E-state index in [2.05, 4.69) is 44.0 Å². The summed E-state index contributed by atoms with van der Waals surface area (Å²) in [5, 5.41) is 10.6. The van der Waals surface area contributed by atoms with Crippen LogP contribution in [0.4, 0.5) is 0 Å². The number of halogens is 1. The van der Waals surface area contributed by atoms with E-state index in [1.165, 1.54) is 12.0 Å². The van der Waals surface area contributed by atoms with Crippen molar-refractivity contribution >= 4 is 26.8 Å². The van der Waals surface area contributed by atoms with E-state index in [1.54, 1.807) is 0 Å². The van der Waals surface area contributed by atoms with Crippen molar-refractivity contribution in [3.8, 4) is 0 Å². The zero-order valence-electron chi connectivity index (χ0n) is 10.7. The van der Waals surface area contributed by atoms with Crippen molar-refractivity contribution in [2.45, 2.75) is 25.4 Å². The van der Waals surface area contributed by atoms with E-state index in [0.717, 1.165) is 34.9 Å². The Hall–Kier alpha value is -0.970. The molecular formula is C15H17BrN2O. The van der Waals surface area contributed by atoms with Gasteiger partial charge in [0.2, 0.25) is 0 Å². The van der Waals surface area contributed by atoms with Gasteiger partial charge < -0.3 is 5.11 Å². The fourth-order valence-corrected chi connectivity index (χ4v) is 3.40. The standard InChI is InChI=1S/C15H17BrN2O/c16-13-7-11-3-1-5-17-15(11)12(8-13)9-18-6-2-4-14(18)10-19/h1,3,5,7-8,14,19H,2,4,6,9-10H2. The van der Waals surface area contributed by atoms with Crippen LogP contribution < -0.4 is 0 Å². The summed E-state index contributed by atoms with van der Waals surface area (Å²) in [6.07, 6.45) is 4.10. The Morgan fingerprint density at radius 1 is 1.42 bits per heavy atom. The van der Waals surface area contributed by atoms with Crippen LogP contribution >= 0.6 is 15.9 Å². The van der Waals surface area contributed by atoms with Gasteiger partial charge >= 0.3 is 0 Å². The van der Waals surface area contributed by atoms with Crippen molar-refractivity contribution in [2.24, 2.45) is 0 Å². The van der Waals surface area contributed by atoms with Crippen LogP contribution in [0, 0.1) is 0 Å². The number of benzene rings is 1. The molecule has 0 saturated carbocycles. The molecule has 1 aromatic carbocycles. The topological polar surface area (TPSA) is 36.4 Å². The predicted octanol–water partition coefficient (Wildman–Crippen LogP) is 2.95. The first-order chi connectivity index (χ1) is 9.28. The quantitative estimate of drug-likeness (QED) is 0.944. The van der Waals surface area contributed by atoms with Crippen molar-refractivity contribution in [1.29, 1.82) is 0 Å². The molecule has 3 nitrogen and oxygen atoms in total. The second-order valence-corrected chi connectivity index (χ2v) is 6.00. The van der Waals surface area contributed by atoms with Gasteiger partial charge in [-0.05, 0) is 43.1 Å². The molecule has 4 heteroatoms. The van der Waals surface area contributed by atoms with E-state index in [9.17, 15) is 5.11 Å². The van der Waals surface area contributed by atoms with E-state index in [4.69, 9.17) is 0 Å². The Morgan fingerprint density at radius 3 is 3.16 bits per heavy atom. The molecule has 0 spiro atoms. The Balaban J connectivity index is 1.96. The molecule has 19 heavy (non-hydrogen) atoms. The minimum absolute atomic E-state index is 0.249. The number of aliphatic hydroxyl groups is 1. The number of nitrogens with zero attached hydrogens (tertiary/aromatic N) is 2. The van der Waals surface area contributed by atoms with E-state index in [-0.39, 0.29) is 6.61 Å². The van der Waals surface area contributed by atoms with Crippen molar-refractivity contribution in [3.63, 3.8) is 0 Å². The maximum absolute atomic E-state index is 9.42. The molecule has 1 fully saturated rings. The van der Waals surface area contributed by atoms with Gasteiger partial charge in [-0.2, -0.15) is 0 Å². The van der Waals surface area contributed by atoms with Crippen LogP contribution in [-0.4, -0.2) is 34.2 Å². The smallest absolute Gasteiger partial charge is 0.0747 e. The first-order valence-electron chi connectivity index (χ1n) is 6.66. The molecule has 0 radical (unpaired) electrons. The number of rotatable bonds is 3. The van der Waals surface area contributed by atoms with Crippen LogP contribution in [0.25, 0.3) is 10.9 Å². The highest BCUT2D eigenvalue weighted by Gasteiger charge is 2.24. The van der Waals surface area contributed by atoms with E-state index in [0.29, 0.717) is 6.04 Å². The second kappa shape index (κ2) is 5.57. The highest BCUT2D eigenvalue weighted by Crippen LogP contribution is 2.26. The average Bonchev–Trinajstić information content (AvgIpc) is 2.86. The molecule has 0 aliphatic carbocycles. The Kier molecular flexibility index (Phi) is 3.82. The number of likely N-dealkylation sites (tertiary alicyclic amines) is 1. The van der Waals surface area contributed by atoms with E-state index >= 15 is 0 Å². The molecule has 100 valence electrons. The molecule has 2 heterocycles. The summed E-state index contributed by atoms with van der Waals surface area (Å²) in [4.78, 5) is 6.86. The molecule has 1 aliphatic rings. The summed E-state index contributed by atoms with van der Waals surface area (Å²) in [6, 6.07) is 8.59. The zero-order chi connectivity index (χ0) is 13.2. The molecule has 1 atom stereocenters. The predicted molar refractivity (Wildman–Crippen MR) is 80.0 cm³/mol. The van der Waals surface area contributed by atoms with Gasteiger partial charge in [-0.1, -0.05) is 22.0 Å².